The maximum atomic E-state index is 5.25. The largest absolute Gasteiger partial charge is 0.497 e. The standard InChI is InChI=1S/C23H22N4OS2/c1-4-13-27-21(17-9-11-19(28-3)12-10-17)25-26-23(27)30-15-18-14-29-22(24-18)20-8-6-5-7-16(20)2/h4-12,14H,1,13,15H2,2-3H3. The zero-order valence-electron chi connectivity index (χ0n) is 16.9. The average molecular weight is 435 g/mol. The second kappa shape index (κ2) is 9.28. The molecule has 4 aromatic rings. The Morgan fingerprint density at radius 3 is 2.67 bits per heavy atom. The number of allylic oxidation sites excluding steroid dienone is 1. The van der Waals surface area contributed by atoms with Crippen molar-refractivity contribution in [3.8, 4) is 27.7 Å². The molecule has 0 saturated carbocycles. The van der Waals surface area contributed by atoms with Gasteiger partial charge >= 0.3 is 0 Å². The van der Waals surface area contributed by atoms with Crippen molar-refractivity contribution in [2.75, 3.05) is 7.11 Å². The number of aromatic nitrogens is 4. The molecule has 0 bridgehead atoms. The maximum absolute atomic E-state index is 5.25. The van der Waals surface area contributed by atoms with E-state index in [9.17, 15) is 0 Å². The van der Waals surface area contributed by atoms with Crippen molar-refractivity contribution >= 4 is 23.1 Å². The van der Waals surface area contributed by atoms with Crippen molar-refractivity contribution in [2.24, 2.45) is 0 Å². The van der Waals surface area contributed by atoms with Crippen LogP contribution in [-0.4, -0.2) is 26.9 Å². The molecule has 30 heavy (non-hydrogen) atoms. The molecule has 0 N–H and O–H groups in total. The van der Waals surface area contributed by atoms with E-state index in [1.165, 1.54) is 11.1 Å². The molecule has 0 aliphatic heterocycles. The number of rotatable bonds is 8. The first kappa shape index (κ1) is 20.4. The quantitative estimate of drug-likeness (QED) is 0.257. The van der Waals surface area contributed by atoms with Crippen LogP contribution >= 0.6 is 23.1 Å². The molecule has 0 aliphatic carbocycles. The van der Waals surface area contributed by atoms with Gasteiger partial charge in [-0.3, -0.25) is 4.57 Å². The number of benzene rings is 2. The highest BCUT2D eigenvalue weighted by atomic mass is 32.2. The van der Waals surface area contributed by atoms with Gasteiger partial charge < -0.3 is 4.74 Å². The molecule has 0 unspecified atom stereocenters. The molecule has 2 aromatic carbocycles. The van der Waals surface area contributed by atoms with Crippen LogP contribution in [0.4, 0.5) is 0 Å². The molecule has 7 heteroatoms. The monoisotopic (exact) mass is 434 g/mol. The van der Waals surface area contributed by atoms with Crippen LogP contribution in [0, 0.1) is 6.92 Å². The number of hydrogen-bond donors (Lipinski definition) is 0. The van der Waals surface area contributed by atoms with Gasteiger partial charge in [0.1, 0.15) is 10.8 Å². The Morgan fingerprint density at radius 1 is 1.13 bits per heavy atom. The third kappa shape index (κ3) is 4.32. The first-order chi connectivity index (χ1) is 14.7. The highest BCUT2D eigenvalue weighted by molar-refractivity contribution is 7.98. The lowest BCUT2D eigenvalue weighted by molar-refractivity contribution is 0.415. The van der Waals surface area contributed by atoms with Crippen molar-refractivity contribution in [1.82, 2.24) is 19.7 Å². The number of thioether (sulfide) groups is 1. The summed E-state index contributed by atoms with van der Waals surface area (Å²) in [5.74, 6) is 2.37. The van der Waals surface area contributed by atoms with Gasteiger partial charge in [-0.05, 0) is 36.8 Å². The summed E-state index contributed by atoms with van der Waals surface area (Å²) in [6.45, 7) is 6.64. The molecular weight excluding hydrogens is 412 g/mol. The Hall–Kier alpha value is -2.90. The Labute approximate surface area is 184 Å². The van der Waals surface area contributed by atoms with E-state index in [1.54, 1.807) is 30.2 Å². The molecule has 2 aromatic heterocycles. The Bertz CT molecular complexity index is 1150. The highest BCUT2D eigenvalue weighted by Gasteiger charge is 2.15. The smallest absolute Gasteiger partial charge is 0.192 e. The molecule has 2 heterocycles. The van der Waals surface area contributed by atoms with Crippen LogP contribution in [0.3, 0.4) is 0 Å². The van der Waals surface area contributed by atoms with E-state index in [0.29, 0.717) is 6.54 Å². The number of thiazole rings is 1. The molecule has 0 spiro atoms. The van der Waals surface area contributed by atoms with E-state index >= 15 is 0 Å². The predicted molar refractivity (Wildman–Crippen MR) is 124 cm³/mol. The summed E-state index contributed by atoms with van der Waals surface area (Å²) in [4.78, 5) is 4.82. The minimum atomic E-state index is 0.641. The minimum Gasteiger partial charge on any atom is -0.497 e. The number of nitrogens with zero attached hydrogens (tertiary/aromatic N) is 4. The van der Waals surface area contributed by atoms with Gasteiger partial charge in [-0.1, -0.05) is 42.1 Å². The highest BCUT2D eigenvalue weighted by Crippen LogP contribution is 2.31. The topological polar surface area (TPSA) is 52.8 Å². The second-order valence-electron chi connectivity index (χ2n) is 6.68. The van der Waals surface area contributed by atoms with Crippen molar-refractivity contribution in [3.05, 3.63) is 77.8 Å². The number of aryl methyl sites for hydroxylation is 1. The van der Waals surface area contributed by atoms with E-state index < -0.39 is 0 Å². The number of ether oxygens (including phenoxy) is 1. The fourth-order valence-electron chi connectivity index (χ4n) is 3.09. The average Bonchev–Trinajstić information content (AvgIpc) is 3.40. The normalized spacial score (nSPS) is 10.9. The van der Waals surface area contributed by atoms with E-state index in [1.807, 2.05) is 30.3 Å². The van der Waals surface area contributed by atoms with Crippen molar-refractivity contribution < 1.29 is 4.74 Å². The van der Waals surface area contributed by atoms with Crippen LogP contribution in [0.25, 0.3) is 22.0 Å². The molecule has 0 aliphatic rings. The third-order valence-corrected chi connectivity index (χ3v) is 6.58. The van der Waals surface area contributed by atoms with Gasteiger partial charge in [0.05, 0.1) is 12.8 Å². The lowest BCUT2D eigenvalue weighted by Crippen LogP contribution is -2.00. The lowest BCUT2D eigenvalue weighted by atomic mass is 10.1. The minimum absolute atomic E-state index is 0.641. The molecule has 0 amide bonds. The van der Waals surface area contributed by atoms with Crippen LogP contribution in [0.15, 0.2) is 71.7 Å². The summed E-state index contributed by atoms with van der Waals surface area (Å²) in [5, 5.41) is 12.9. The van der Waals surface area contributed by atoms with E-state index in [-0.39, 0.29) is 0 Å². The summed E-state index contributed by atoms with van der Waals surface area (Å²) in [6, 6.07) is 16.2. The van der Waals surface area contributed by atoms with Gasteiger partial charge in [0.25, 0.3) is 0 Å². The summed E-state index contributed by atoms with van der Waals surface area (Å²) >= 11 is 3.31. The first-order valence-electron chi connectivity index (χ1n) is 9.51. The molecule has 5 nitrogen and oxygen atoms in total. The maximum Gasteiger partial charge on any atom is 0.192 e. The molecule has 0 radical (unpaired) electrons. The van der Waals surface area contributed by atoms with Crippen LogP contribution in [0.1, 0.15) is 11.3 Å². The van der Waals surface area contributed by atoms with Crippen molar-refractivity contribution in [3.63, 3.8) is 0 Å². The molecular formula is C23H22N4OS2. The van der Waals surface area contributed by atoms with Crippen LogP contribution < -0.4 is 4.74 Å². The summed E-state index contributed by atoms with van der Waals surface area (Å²) in [5.41, 5.74) is 4.46. The van der Waals surface area contributed by atoms with Crippen molar-refractivity contribution in [2.45, 2.75) is 24.4 Å². The fraction of sp³-hybridized carbons (Fsp3) is 0.174. The Morgan fingerprint density at radius 2 is 1.93 bits per heavy atom. The lowest BCUT2D eigenvalue weighted by Gasteiger charge is -2.08. The zero-order chi connectivity index (χ0) is 20.9. The van der Waals surface area contributed by atoms with Gasteiger partial charge in [-0.25, -0.2) is 4.98 Å². The van der Waals surface area contributed by atoms with E-state index in [2.05, 4.69) is 57.9 Å². The van der Waals surface area contributed by atoms with Crippen LogP contribution in [0.5, 0.6) is 5.75 Å². The predicted octanol–water partition coefficient (Wildman–Crippen LogP) is 5.86. The van der Waals surface area contributed by atoms with Crippen LogP contribution in [-0.2, 0) is 12.3 Å². The zero-order valence-corrected chi connectivity index (χ0v) is 18.5. The van der Waals surface area contributed by atoms with Gasteiger partial charge in [0, 0.05) is 28.8 Å². The molecule has 152 valence electrons. The molecule has 0 fully saturated rings. The van der Waals surface area contributed by atoms with E-state index in [0.717, 1.165) is 38.7 Å². The molecule has 0 atom stereocenters. The second-order valence-corrected chi connectivity index (χ2v) is 8.48. The van der Waals surface area contributed by atoms with Gasteiger partial charge in [-0.15, -0.1) is 28.1 Å². The Kier molecular flexibility index (Phi) is 6.30. The van der Waals surface area contributed by atoms with Gasteiger partial charge in [-0.2, -0.15) is 0 Å². The molecule has 4 rings (SSSR count). The molecule has 0 saturated heterocycles. The van der Waals surface area contributed by atoms with Crippen LogP contribution in [0.2, 0.25) is 0 Å². The first-order valence-corrected chi connectivity index (χ1v) is 11.4. The van der Waals surface area contributed by atoms with Crippen molar-refractivity contribution in [1.29, 1.82) is 0 Å². The van der Waals surface area contributed by atoms with Gasteiger partial charge in [0.2, 0.25) is 0 Å². The third-order valence-electron chi connectivity index (χ3n) is 4.65. The Balaban J connectivity index is 1.53. The summed E-state index contributed by atoms with van der Waals surface area (Å²) in [6.07, 6.45) is 1.86. The number of hydrogen-bond acceptors (Lipinski definition) is 6. The van der Waals surface area contributed by atoms with E-state index in [4.69, 9.17) is 9.72 Å². The fourth-order valence-corrected chi connectivity index (χ4v) is 4.95. The SMILES string of the molecule is C=CCn1c(SCc2csc(-c3ccccc3C)n2)nnc1-c1ccc(OC)cc1. The number of methoxy groups -OCH3 is 1. The van der Waals surface area contributed by atoms with Gasteiger partial charge in [0.15, 0.2) is 11.0 Å². The summed E-state index contributed by atoms with van der Waals surface area (Å²) < 4.78 is 7.33. The summed E-state index contributed by atoms with van der Waals surface area (Å²) in [7, 11) is 1.66.